The largest absolute Gasteiger partial charge is 0.478 e. The van der Waals surface area contributed by atoms with E-state index < -0.39 is 0 Å². The van der Waals surface area contributed by atoms with Crippen LogP contribution in [0.3, 0.4) is 0 Å². The number of likely N-dealkylation sites (tertiary alicyclic amines) is 1. The minimum absolute atomic E-state index is 0.0557. The van der Waals surface area contributed by atoms with Crippen molar-refractivity contribution in [3.8, 4) is 0 Å². The molecule has 198 valence electrons. The third kappa shape index (κ3) is 7.91. The van der Waals surface area contributed by atoms with Crippen LogP contribution >= 0.6 is 0 Å². The van der Waals surface area contributed by atoms with Gasteiger partial charge < -0.3 is 14.4 Å². The summed E-state index contributed by atoms with van der Waals surface area (Å²) in [6.07, 6.45) is 11.6. The molecule has 5 heteroatoms. The molecule has 0 unspecified atom stereocenters. The van der Waals surface area contributed by atoms with Crippen molar-refractivity contribution in [3.05, 3.63) is 71.8 Å². The third-order valence-corrected chi connectivity index (χ3v) is 7.94. The number of aliphatic imine (C=N–C) groups is 2. The summed E-state index contributed by atoms with van der Waals surface area (Å²) < 4.78 is 12.5. The summed E-state index contributed by atoms with van der Waals surface area (Å²) >= 11 is 0. The molecule has 37 heavy (non-hydrogen) atoms. The van der Waals surface area contributed by atoms with Crippen LogP contribution in [0.4, 0.5) is 0 Å². The lowest BCUT2D eigenvalue weighted by molar-refractivity contribution is 0.215. The normalized spacial score (nSPS) is 22.0. The Labute approximate surface area is 223 Å². The molecule has 2 aromatic rings. The van der Waals surface area contributed by atoms with Gasteiger partial charge in [0.15, 0.2) is 11.8 Å². The second-order valence-electron chi connectivity index (χ2n) is 10.9. The van der Waals surface area contributed by atoms with Gasteiger partial charge >= 0.3 is 0 Å². The van der Waals surface area contributed by atoms with Crippen molar-refractivity contribution in [3.63, 3.8) is 0 Å². The number of benzene rings is 2. The molecule has 2 atom stereocenters. The lowest BCUT2D eigenvalue weighted by atomic mass is 10.0. The summed E-state index contributed by atoms with van der Waals surface area (Å²) in [4.78, 5) is 12.7. The maximum absolute atomic E-state index is 6.23. The molecule has 0 amide bonds. The SMILES string of the molecule is c1ccc(CCC[C@H]2COC(C(CCN3CCCCC3)C3=N[C@@H](CCCc4ccccc4)CO3)=N2)cc1. The van der Waals surface area contributed by atoms with E-state index in [1.165, 1.54) is 43.5 Å². The first-order valence-electron chi connectivity index (χ1n) is 14.5. The van der Waals surface area contributed by atoms with Crippen LogP contribution in [0.25, 0.3) is 0 Å². The topological polar surface area (TPSA) is 46.4 Å². The van der Waals surface area contributed by atoms with Crippen LogP contribution in [0.5, 0.6) is 0 Å². The molecule has 1 saturated heterocycles. The van der Waals surface area contributed by atoms with E-state index >= 15 is 0 Å². The average Bonchev–Trinajstić information content (AvgIpc) is 3.61. The zero-order chi connectivity index (χ0) is 25.1. The highest BCUT2D eigenvalue weighted by Crippen LogP contribution is 2.25. The van der Waals surface area contributed by atoms with E-state index in [2.05, 4.69) is 65.6 Å². The van der Waals surface area contributed by atoms with Crippen molar-refractivity contribution >= 4 is 11.8 Å². The van der Waals surface area contributed by atoms with E-state index in [9.17, 15) is 0 Å². The highest BCUT2D eigenvalue weighted by atomic mass is 16.5. The molecule has 0 aliphatic carbocycles. The van der Waals surface area contributed by atoms with Crippen LogP contribution in [-0.2, 0) is 22.3 Å². The van der Waals surface area contributed by atoms with Gasteiger partial charge in [0, 0.05) is 0 Å². The Kier molecular flexibility index (Phi) is 9.66. The monoisotopic (exact) mass is 501 g/mol. The Morgan fingerprint density at radius 1 is 0.703 bits per heavy atom. The van der Waals surface area contributed by atoms with Gasteiger partial charge in [0.2, 0.25) is 0 Å². The standard InChI is InChI=1S/C32H43N3O2/c1-4-12-26(13-5-1)16-10-18-28-24-36-31(33-28)30(20-23-35-21-8-3-9-22-35)32-34-29(25-37-32)19-11-17-27-14-6-2-7-15-27/h1-2,4-7,12-15,28-30H,3,8-11,16-25H2/t28-,29-/m0/s1. The van der Waals surface area contributed by atoms with Crippen molar-refractivity contribution < 1.29 is 9.47 Å². The molecule has 0 aromatic heterocycles. The Morgan fingerprint density at radius 2 is 1.22 bits per heavy atom. The summed E-state index contributed by atoms with van der Waals surface area (Å²) in [6.45, 7) is 4.86. The average molecular weight is 502 g/mol. The van der Waals surface area contributed by atoms with Gasteiger partial charge in [-0.1, -0.05) is 67.1 Å². The van der Waals surface area contributed by atoms with Gasteiger partial charge in [-0.3, -0.25) is 0 Å². The van der Waals surface area contributed by atoms with Gasteiger partial charge in [0.1, 0.15) is 19.1 Å². The summed E-state index contributed by atoms with van der Waals surface area (Å²) in [6, 6.07) is 22.0. The Hall–Kier alpha value is -2.66. The van der Waals surface area contributed by atoms with Crippen molar-refractivity contribution in [2.75, 3.05) is 32.8 Å². The molecule has 0 spiro atoms. The maximum Gasteiger partial charge on any atom is 0.196 e. The number of piperidine rings is 1. The number of aryl methyl sites for hydroxylation is 2. The van der Waals surface area contributed by atoms with Crippen molar-refractivity contribution in [1.82, 2.24) is 4.90 Å². The first-order chi connectivity index (χ1) is 18.3. The van der Waals surface area contributed by atoms with E-state index in [4.69, 9.17) is 19.5 Å². The van der Waals surface area contributed by atoms with Gasteiger partial charge in [-0.05, 0) is 88.5 Å². The summed E-state index contributed by atoms with van der Waals surface area (Å²) in [5.41, 5.74) is 2.80. The Balaban J connectivity index is 1.17. The number of hydrogen-bond acceptors (Lipinski definition) is 5. The van der Waals surface area contributed by atoms with Gasteiger partial charge in [0.05, 0.1) is 12.1 Å². The number of rotatable bonds is 13. The van der Waals surface area contributed by atoms with E-state index in [1.807, 2.05) is 0 Å². The minimum Gasteiger partial charge on any atom is -0.478 e. The van der Waals surface area contributed by atoms with E-state index in [1.54, 1.807) is 0 Å². The number of nitrogens with zero attached hydrogens (tertiary/aromatic N) is 3. The van der Waals surface area contributed by atoms with E-state index in [0.717, 1.165) is 63.3 Å². The smallest absolute Gasteiger partial charge is 0.196 e. The zero-order valence-corrected chi connectivity index (χ0v) is 22.3. The molecule has 1 fully saturated rings. The van der Waals surface area contributed by atoms with Crippen LogP contribution in [0.2, 0.25) is 0 Å². The van der Waals surface area contributed by atoms with Gasteiger partial charge in [-0.2, -0.15) is 0 Å². The van der Waals surface area contributed by atoms with Crippen LogP contribution in [0.15, 0.2) is 70.6 Å². The second-order valence-corrected chi connectivity index (χ2v) is 10.9. The second kappa shape index (κ2) is 13.8. The number of hydrogen-bond donors (Lipinski definition) is 0. The predicted octanol–water partition coefficient (Wildman–Crippen LogP) is 6.12. The summed E-state index contributed by atoms with van der Waals surface area (Å²) in [5, 5.41) is 0. The van der Waals surface area contributed by atoms with Crippen LogP contribution in [-0.4, -0.2) is 61.6 Å². The van der Waals surface area contributed by atoms with Crippen molar-refractivity contribution in [2.45, 2.75) is 76.3 Å². The van der Waals surface area contributed by atoms with Gasteiger partial charge in [0.25, 0.3) is 0 Å². The highest BCUT2D eigenvalue weighted by molar-refractivity contribution is 6.01. The van der Waals surface area contributed by atoms with Gasteiger partial charge in [-0.25, -0.2) is 9.98 Å². The Bertz CT molecular complexity index is 930. The van der Waals surface area contributed by atoms with Crippen LogP contribution < -0.4 is 0 Å². The molecular weight excluding hydrogens is 458 g/mol. The molecule has 2 aromatic carbocycles. The molecule has 3 aliphatic rings. The lowest BCUT2D eigenvalue weighted by Crippen LogP contribution is -2.34. The van der Waals surface area contributed by atoms with E-state index in [0.29, 0.717) is 13.2 Å². The van der Waals surface area contributed by atoms with Crippen molar-refractivity contribution in [1.29, 1.82) is 0 Å². The minimum atomic E-state index is 0.0557. The molecule has 3 heterocycles. The zero-order valence-electron chi connectivity index (χ0n) is 22.3. The molecule has 0 N–H and O–H groups in total. The van der Waals surface area contributed by atoms with E-state index in [-0.39, 0.29) is 18.0 Å². The van der Waals surface area contributed by atoms with Crippen molar-refractivity contribution in [2.24, 2.45) is 15.9 Å². The summed E-state index contributed by atoms with van der Waals surface area (Å²) in [5.74, 6) is 1.79. The molecule has 0 radical (unpaired) electrons. The van der Waals surface area contributed by atoms with Gasteiger partial charge in [-0.15, -0.1) is 0 Å². The molecule has 0 saturated carbocycles. The first-order valence-corrected chi connectivity index (χ1v) is 14.5. The molecule has 0 bridgehead atoms. The Morgan fingerprint density at radius 3 is 1.73 bits per heavy atom. The molecule has 3 aliphatic heterocycles. The maximum atomic E-state index is 6.23. The molecule has 5 rings (SSSR count). The fraction of sp³-hybridized carbons (Fsp3) is 0.562. The first kappa shape index (κ1) is 26.0. The predicted molar refractivity (Wildman–Crippen MR) is 152 cm³/mol. The molecular formula is C32H43N3O2. The molecule has 5 nitrogen and oxygen atoms in total. The fourth-order valence-corrected chi connectivity index (χ4v) is 5.77. The number of ether oxygens (including phenoxy) is 2. The summed E-state index contributed by atoms with van der Waals surface area (Å²) in [7, 11) is 0. The highest BCUT2D eigenvalue weighted by Gasteiger charge is 2.34. The quantitative estimate of drug-likeness (QED) is 0.332. The lowest BCUT2D eigenvalue weighted by Gasteiger charge is -2.27. The third-order valence-electron chi connectivity index (χ3n) is 7.94. The fourth-order valence-electron chi connectivity index (χ4n) is 5.77. The van der Waals surface area contributed by atoms with Crippen LogP contribution in [0.1, 0.15) is 62.5 Å². The van der Waals surface area contributed by atoms with Crippen LogP contribution in [0, 0.1) is 5.92 Å².